The second-order valence-corrected chi connectivity index (χ2v) is 3.88. The molecule has 3 nitrogen and oxygen atoms in total. The fourth-order valence-corrected chi connectivity index (χ4v) is 2.01. The van der Waals surface area contributed by atoms with Crippen molar-refractivity contribution in [1.82, 2.24) is 4.57 Å². The number of hydrogen-bond donors (Lipinski definition) is 0. The lowest BCUT2D eigenvalue weighted by molar-refractivity contribution is -0.142. The summed E-state index contributed by atoms with van der Waals surface area (Å²) in [5.74, 6) is -0.565. The molecule has 2 aromatic rings. The number of nitrogens with zero attached hydrogens (tertiary/aromatic N) is 1. The number of hydrogen-bond acceptors (Lipinski definition) is 2. The molecule has 0 saturated heterocycles. The van der Waals surface area contributed by atoms with Gasteiger partial charge >= 0.3 is 5.97 Å². The molecule has 0 unspecified atom stereocenters. The van der Waals surface area contributed by atoms with Gasteiger partial charge in [0.15, 0.2) is 0 Å². The lowest BCUT2D eigenvalue weighted by Gasteiger charge is -2.00. The van der Waals surface area contributed by atoms with E-state index in [-0.39, 0.29) is 18.2 Å². The Morgan fingerprint density at radius 2 is 2.24 bits per heavy atom. The standard InChI is InChI=1S/C13H14FNO2/c1-3-17-12(16)7-9-8-15(2)13-10(9)5-4-6-11(13)14/h4-6,8H,3,7H2,1-2H3. The second kappa shape index (κ2) is 4.57. The average Bonchev–Trinajstić information content (AvgIpc) is 2.57. The summed E-state index contributed by atoms with van der Waals surface area (Å²) < 4.78 is 20.2. The monoisotopic (exact) mass is 235 g/mol. The minimum atomic E-state index is -0.288. The highest BCUT2D eigenvalue weighted by atomic mass is 19.1. The molecule has 0 saturated carbocycles. The van der Waals surface area contributed by atoms with Crippen molar-refractivity contribution < 1.29 is 13.9 Å². The van der Waals surface area contributed by atoms with Gasteiger partial charge in [-0.1, -0.05) is 12.1 Å². The van der Waals surface area contributed by atoms with Crippen LogP contribution in [0.4, 0.5) is 4.39 Å². The van der Waals surface area contributed by atoms with E-state index in [2.05, 4.69) is 0 Å². The first kappa shape index (κ1) is 11.6. The molecule has 0 bridgehead atoms. The molecule has 0 aliphatic rings. The highest BCUT2D eigenvalue weighted by Crippen LogP contribution is 2.23. The molecule has 0 aliphatic carbocycles. The topological polar surface area (TPSA) is 31.2 Å². The van der Waals surface area contributed by atoms with E-state index in [0.717, 1.165) is 10.9 Å². The summed E-state index contributed by atoms with van der Waals surface area (Å²) in [7, 11) is 1.76. The Morgan fingerprint density at radius 3 is 2.94 bits per heavy atom. The number of halogens is 1. The van der Waals surface area contributed by atoms with Crippen molar-refractivity contribution in [2.75, 3.05) is 6.61 Å². The molecule has 0 radical (unpaired) electrons. The molecule has 2 rings (SSSR count). The Kier molecular flexibility index (Phi) is 3.13. The number of aryl methyl sites for hydroxylation is 1. The van der Waals surface area contributed by atoms with E-state index in [1.165, 1.54) is 6.07 Å². The molecule has 0 aliphatic heterocycles. The molecular formula is C13H14FNO2. The Hall–Kier alpha value is -1.84. The molecular weight excluding hydrogens is 221 g/mol. The number of benzene rings is 1. The van der Waals surface area contributed by atoms with Gasteiger partial charge in [0.05, 0.1) is 18.5 Å². The third kappa shape index (κ3) is 2.16. The molecule has 0 amide bonds. The first-order valence-corrected chi connectivity index (χ1v) is 5.51. The second-order valence-electron chi connectivity index (χ2n) is 3.88. The minimum absolute atomic E-state index is 0.175. The minimum Gasteiger partial charge on any atom is -0.466 e. The van der Waals surface area contributed by atoms with Gasteiger partial charge in [-0.2, -0.15) is 0 Å². The van der Waals surface area contributed by atoms with Crippen LogP contribution in [0.5, 0.6) is 0 Å². The Morgan fingerprint density at radius 1 is 1.47 bits per heavy atom. The summed E-state index contributed by atoms with van der Waals surface area (Å²) in [6.07, 6.45) is 1.94. The number of aromatic nitrogens is 1. The van der Waals surface area contributed by atoms with Gasteiger partial charge in [-0.05, 0) is 18.6 Å². The molecule has 90 valence electrons. The fraction of sp³-hybridized carbons (Fsp3) is 0.308. The summed E-state index contributed by atoms with van der Waals surface area (Å²) in [5.41, 5.74) is 1.31. The van der Waals surface area contributed by atoms with Gasteiger partial charge in [-0.3, -0.25) is 4.79 Å². The van der Waals surface area contributed by atoms with E-state index in [0.29, 0.717) is 12.1 Å². The smallest absolute Gasteiger partial charge is 0.310 e. The van der Waals surface area contributed by atoms with Crippen molar-refractivity contribution in [2.24, 2.45) is 7.05 Å². The number of ether oxygens (including phenoxy) is 1. The molecule has 0 N–H and O–H groups in total. The lowest BCUT2D eigenvalue weighted by atomic mass is 10.1. The van der Waals surface area contributed by atoms with E-state index in [1.54, 1.807) is 30.8 Å². The van der Waals surface area contributed by atoms with Crippen LogP contribution in [0.1, 0.15) is 12.5 Å². The predicted molar refractivity (Wildman–Crippen MR) is 63.2 cm³/mol. The molecule has 0 spiro atoms. The molecule has 0 atom stereocenters. The van der Waals surface area contributed by atoms with Gasteiger partial charge in [0.1, 0.15) is 5.82 Å². The molecule has 4 heteroatoms. The summed E-state index contributed by atoms with van der Waals surface area (Å²) in [5, 5.41) is 0.764. The first-order chi connectivity index (χ1) is 8.13. The third-order valence-corrected chi connectivity index (χ3v) is 2.68. The number of esters is 1. The van der Waals surface area contributed by atoms with E-state index >= 15 is 0 Å². The molecule has 0 fully saturated rings. The zero-order valence-corrected chi connectivity index (χ0v) is 9.87. The highest BCUT2D eigenvalue weighted by Gasteiger charge is 2.13. The van der Waals surface area contributed by atoms with Crippen molar-refractivity contribution >= 4 is 16.9 Å². The van der Waals surface area contributed by atoms with Crippen LogP contribution in [-0.4, -0.2) is 17.1 Å². The van der Waals surface area contributed by atoms with Crippen molar-refractivity contribution in [1.29, 1.82) is 0 Å². The summed E-state index contributed by atoms with van der Waals surface area (Å²) in [6, 6.07) is 4.87. The number of rotatable bonds is 3. The molecule has 1 aromatic carbocycles. The SMILES string of the molecule is CCOC(=O)Cc1cn(C)c2c(F)cccc12. The van der Waals surface area contributed by atoms with Gasteiger partial charge in [0.25, 0.3) is 0 Å². The van der Waals surface area contributed by atoms with Crippen LogP contribution in [0.2, 0.25) is 0 Å². The zero-order chi connectivity index (χ0) is 12.4. The Balaban J connectivity index is 2.42. The average molecular weight is 235 g/mol. The van der Waals surface area contributed by atoms with Crippen LogP contribution in [0.3, 0.4) is 0 Å². The van der Waals surface area contributed by atoms with Gasteiger partial charge < -0.3 is 9.30 Å². The largest absolute Gasteiger partial charge is 0.466 e. The highest BCUT2D eigenvalue weighted by molar-refractivity contribution is 5.88. The molecule has 1 aromatic heterocycles. The number of carbonyl (C=O) groups is 1. The van der Waals surface area contributed by atoms with E-state index in [4.69, 9.17) is 4.74 Å². The van der Waals surface area contributed by atoms with Crippen molar-refractivity contribution in [3.63, 3.8) is 0 Å². The van der Waals surface area contributed by atoms with Crippen LogP contribution in [0, 0.1) is 5.82 Å². The van der Waals surface area contributed by atoms with E-state index in [1.807, 2.05) is 6.07 Å². The summed E-state index contributed by atoms with van der Waals surface area (Å²) in [4.78, 5) is 11.4. The fourth-order valence-electron chi connectivity index (χ4n) is 2.01. The van der Waals surface area contributed by atoms with Crippen LogP contribution < -0.4 is 0 Å². The maximum absolute atomic E-state index is 13.6. The van der Waals surface area contributed by atoms with Gasteiger partial charge in [-0.15, -0.1) is 0 Å². The summed E-state index contributed by atoms with van der Waals surface area (Å²) >= 11 is 0. The quantitative estimate of drug-likeness (QED) is 0.765. The predicted octanol–water partition coefficient (Wildman–Crippen LogP) is 2.42. The summed E-state index contributed by atoms with van der Waals surface area (Å²) in [6.45, 7) is 2.12. The van der Waals surface area contributed by atoms with Gasteiger partial charge in [-0.25, -0.2) is 4.39 Å². The number of carbonyl (C=O) groups excluding carboxylic acids is 1. The first-order valence-electron chi connectivity index (χ1n) is 5.51. The van der Waals surface area contributed by atoms with E-state index in [9.17, 15) is 9.18 Å². The van der Waals surface area contributed by atoms with Crippen molar-refractivity contribution in [3.05, 3.63) is 35.8 Å². The molecule has 1 heterocycles. The van der Waals surface area contributed by atoms with E-state index < -0.39 is 0 Å². The van der Waals surface area contributed by atoms with Gasteiger partial charge in [0, 0.05) is 18.6 Å². The molecule has 17 heavy (non-hydrogen) atoms. The van der Waals surface area contributed by atoms with Crippen molar-refractivity contribution in [3.8, 4) is 0 Å². The zero-order valence-electron chi connectivity index (χ0n) is 9.87. The van der Waals surface area contributed by atoms with Crippen LogP contribution in [0.15, 0.2) is 24.4 Å². The van der Waals surface area contributed by atoms with Gasteiger partial charge in [0.2, 0.25) is 0 Å². The Labute approximate surface area is 98.8 Å². The van der Waals surface area contributed by atoms with Crippen LogP contribution in [-0.2, 0) is 23.0 Å². The Bertz CT molecular complexity index is 560. The number of para-hydroxylation sites is 1. The normalized spacial score (nSPS) is 10.8. The third-order valence-electron chi connectivity index (χ3n) is 2.68. The maximum Gasteiger partial charge on any atom is 0.310 e. The number of fused-ring (bicyclic) bond motifs is 1. The van der Waals surface area contributed by atoms with Crippen molar-refractivity contribution in [2.45, 2.75) is 13.3 Å². The lowest BCUT2D eigenvalue weighted by Crippen LogP contribution is -2.07. The maximum atomic E-state index is 13.6. The van der Waals surface area contributed by atoms with Crippen LogP contribution >= 0.6 is 0 Å². The van der Waals surface area contributed by atoms with Crippen LogP contribution in [0.25, 0.3) is 10.9 Å².